The molecular weight excluding hydrogens is 232 g/mol. The number of carboxylic acids is 1. The Kier molecular flexibility index (Phi) is 3.89. The lowest BCUT2D eigenvalue weighted by Gasteiger charge is -2.23. The summed E-state index contributed by atoms with van der Waals surface area (Å²) in [5, 5.41) is 12.0. The van der Waals surface area contributed by atoms with E-state index in [0.717, 1.165) is 19.3 Å². The number of hydrogen-bond donors (Lipinski definition) is 2. The van der Waals surface area contributed by atoms with Crippen LogP contribution in [0, 0.1) is 11.8 Å². The average molecular weight is 252 g/mol. The zero-order chi connectivity index (χ0) is 13.1. The molecular formula is C13H20N2O3. The maximum Gasteiger partial charge on any atom is 0.317 e. The molecule has 2 rings (SSSR count). The first-order valence-corrected chi connectivity index (χ1v) is 6.51. The van der Waals surface area contributed by atoms with Crippen LogP contribution in [0.15, 0.2) is 12.2 Å². The molecule has 1 fully saturated rings. The molecule has 0 bridgehead atoms. The Morgan fingerprint density at radius 1 is 1.33 bits per heavy atom. The molecule has 1 heterocycles. The summed E-state index contributed by atoms with van der Waals surface area (Å²) >= 11 is 0. The number of likely N-dealkylation sites (tertiary alicyclic amines) is 1. The van der Waals surface area contributed by atoms with Crippen molar-refractivity contribution in [3.8, 4) is 0 Å². The molecule has 0 spiro atoms. The van der Waals surface area contributed by atoms with Crippen LogP contribution < -0.4 is 5.32 Å². The van der Waals surface area contributed by atoms with E-state index in [1.807, 2.05) is 6.92 Å². The molecule has 1 saturated heterocycles. The summed E-state index contributed by atoms with van der Waals surface area (Å²) in [7, 11) is 0. The third-order valence-electron chi connectivity index (χ3n) is 3.81. The largest absolute Gasteiger partial charge is 0.481 e. The fourth-order valence-electron chi connectivity index (χ4n) is 2.64. The lowest BCUT2D eigenvalue weighted by Crippen LogP contribution is -2.44. The van der Waals surface area contributed by atoms with Crippen LogP contribution in [-0.4, -0.2) is 41.1 Å². The Bertz CT molecular complexity index is 367. The predicted molar refractivity (Wildman–Crippen MR) is 67.2 cm³/mol. The zero-order valence-corrected chi connectivity index (χ0v) is 10.6. The normalized spacial score (nSPS) is 31.4. The molecule has 0 aromatic rings. The van der Waals surface area contributed by atoms with E-state index in [2.05, 4.69) is 17.5 Å². The summed E-state index contributed by atoms with van der Waals surface area (Å²) in [6.07, 6.45) is 7.05. The van der Waals surface area contributed by atoms with Gasteiger partial charge in [-0.05, 0) is 25.2 Å². The van der Waals surface area contributed by atoms with Gasteiger partial charge >= 0.3 is 12.0 Å². The molecule has 0 aromatic heterocycles. The first-order valence-electron chi connectivity index (χ1n) is 6.51. The zero-order valence-electron chi connectivity index (χ0n) is 10.6. The van der Waals surface area contributed by atoms with E-state index in [0.29, 0.717) is 13.1 Å². The van der Waals surface area contributed by atoms with Gasteiger partial charge in [-0.2, -0.15) is 0 Å². The number of carbonyl (C=O) groups is 2. The number of nitrogens with one attached hydrogen (secondary N) is 1. The summed E-state index contributed by atoms with van der Waals surface area (Å²) in [4.78, 5) is 24.7. The summed E-state index contributed by atoms with van der Waals surface area (Å²) in [6, 6.07) is 0.0765. The minimum atomic E-state index is -0.807. The summed E-state index contributed by atoms with van der Waals surface area (Å²) < 4.78 is 0. The third kappa shape index (κ3) is 2.83. The van der Waals surface area contributed by atoms with Gasteiger partial charge in [-0.25, -0.2) is 4.79 Å². The van der Waals surface area contributed by atoms with Crippen LogP contribution >= 0.6 is 0 Å². The van der Waals surface area contributed by atoms with Crippen molar-refractivity contribution in [2.24, 2.45) is 11.8 Å². The van der Waals surface area contributed by atoms with E-state index in [9.17, 15) is 9.59 Å². The first-order chi connectivity index (χ1) is 8.58. The standard InChI is InChI=1S/C13H20N2O3/c1-9-7-15(8-11(9)12(16)17)13(18)14-10-5-3-2-4-6-10/h2-3,9-11H,4-8H2,1H3,(H,14,18)(H,16,17). The Morgan fingerprint density at radius 2 is 2.11 bits per heavy atom. The lowest BCUT2D eigenvalue weighted by atomic mass is 9.99. The summed E-state index contributed by atoms with van der Waals surface area (Å²) in [5.41, 5.74) is 0. The van der Waals surface area contributed by atoms with E-state index in [1.165, 1.54) is 0 Å². The van der Waals surface area contributed by atoms with Crippen LogP contribution in [0.5, 0.6) is 0 Å². The van der Waals surface area contributed by atoms with Crippen molar-refractivity contribution in [2.75, 3.05) is 13.1 Å². The van der Waals surface area contributed by atoms with Crippen molar-refractivity contribution < 1.29 is 14.7 Å². The number of urea groups is 1. The van der Waals surface area contributed by atoms with Crippen molar-refractivity contribution in [3.63, 3.8) is 0 Å². The quantitative estimate of drug-likeness (QED) is 0.731. The molecule has 3 atom stereocenters. The number of rotatable bonds is 2. The lowest BCUT2D eigenvalue weighted by molar-refractivity contribution is -0.142. The fraction of sp³-hybridized carbons (Fsp3) is 0.692. The number of nitrogens with zero attached hydrogens (tertiary/aromatic N) is 1. The number of aliphatic carboxylic acids is 1. The van der Waals surface area contributed by atoms with Crippen LogP contribution in [0.4, 0.5) is 4.79 Å². The first kappa shape index (κ1) is 12.9. The molecule has 3 unspecified atom stereocenters. The van der Waals surface area contributed by atoms with Gasteiger partial charge in [0.1, 0.15) is 0 Å². The number of carboxylic acid groups (broad SMARTS) is 1. The van der Waals surface area contributed by atoms with Crippen molar-refractivity contribution in [1.29, 1.82) is 0 Å². The summed E-state index contributed by atoms with van der Waals surface area (Å²) in [5.74, 6) is -1.21. The molecule has 5 nitrogen and oxygen atoms in total. The fourth-order valence-corrected chi connectivity index (χ4v) is 2.64. The van der Waals surface area contributed by atoms with E-state index < -0.39 is 11.9 Å². The SMILES string of the molecule is CC1CN(C(=O)NC2CC=CCC2)CC1C(=O)O. The maximum atomic E-state index is 12.0. The van der Waals surface area contributed by atoms with Gasteiger partial charge in [0.2, 0.25) is 0 Å². The molecule has 2 amide bonds. The predicted octanol–water partition coefficient (Wildman–Crippen LogP) is 1.46. The molecule has 0 aromatic carbocycles. The van der Waals surface area contributed by atoms with Crippen molar-refractivity contribution >= 4 is 12.0 Å². The minimum absolute atomic E-state index is 0.0273. The van der Waals surface area contributed by atoms with E-state index >= 15 is 0 Å². The van der Waals surface area contributed by atoms with Crippen molar-refractivity contribution in [3.05, 3.63) is 12.2 Å². The highest BCUT2D eigenvalue weighted by Crippen LogP contribution is 2.23. The van der Waals surface area contributed by atoms with Gasteiger partial charge in [-0.15, -0.1) is 0 Å². The number of allylic oxidation sites excluding steroid dienone is 1. The van der Waals surface area contributed by atoms with E-state index in [4.69, 9.17) is 5.11 Å². The van der Waals surface area contributed by atoms with Gasteiger partial charge in [0.15, 0.2) is 0 Å². The summed E-state index contributed by atoms with van der Waals surface area (Å²) in [6.45, 7) is 2.74. The Labute approximate surface area is 107 Å². The van der Waals surface area contributed by atoms with Gasteiger partial charge in [0.25, 0.3) is 0 Å². The number of hydrogen-bond acceptors (Lipinski definition) is 2. The van der Waals surface area contributed by atoms with Crippen LogP contribution in [0.25, 0.3) is 0 Å². The molecule has 2 N–H and O–H groups in total. The second kappa shape index (κ2) is 5.42. The third-order valence-corrected chi connectivity index (χ3v) is 3.81. The maximum absolute atomic E-state index is 12.0. The minimum Gasteiger partial charge on any atom is -0.481 e. The topological polar surface area (TPSA) is 69.6 Å². The molecule has 18 heavy (non-hydrogen) atoms. The highest BCUT2D eigenvalue weighted by atomic mass is 16.4. The molecule has 0 saturated carbocycles. The smallest absolute Gasteiger partial charge is 0.317 e. The molecule has 1 aliphatic heterocycles. The van der Waals surface area contributed by atoms with Gasteiger partial charge in [-0.3, -0.25) is 4.79 Å². The van der Waals surface area contributed by atoms with Crippen molar-refractivity contribution in [2.45, 2.75) is 32.2 Å². The van der Waals surface area contributed by atoms with Gasteiger partial charge in [0.05, 0.1) is 5.92 Å². The number of amides is 2. The van der Waals surface area contributed by atoms with Crippen LogP contribution in [-0.2, 0) is 4.79 Å². The highest BCUT2D eigenvalue weighted by Gasteiger charge is 2.37. The molecule has 0 radical (unpaired) electrons. The van der Waals surface area contributed by atoms with Crippen molar-refractivity contribution in [1.82, 2.24) is 10.2 Å². The van der Waals surface area contributed by atoms with Crippen LogP contribution in [0.3, 0.4) is 0 Å². The second-order valence-electron chi connectivity index (χ2n) is 5.26. The van der Waals surface area contributed by atoms with E-state index in [-0.39, 0.29) is 18.0 Å². The van der Waals surface area contributed by atoms with Crippen LogP contribution in [0.1, 0.15) is 26.2 Å². The molecule has 1 aliphatic carbocycles. The van der Waals surface area contributed by atoms with Gasteiger partial charge < -0.3 is 15.3 Å². The molecule has 2 aliphatic rings. The second-order valence-corrected chi connectivity index (χ2v) is 5.26. The monoisotopic (exact) mass is 252 g/mol. The number of carbonyl (C=O) groups excluding carboxylic acids is 1. The van der Waals surface area contributed by atoms with E-state index in [1.54, 1.807) is 4.90 Å². The highest BCUT2D eigenvalue weighted by molar-refractivity contribution is 5.77. The average Bonchev–Trinajstić information content (AvgIpc) is 2.73. The van der Waals surface area contributed by atoms with Gasteiger partial charge in [-0.1, -0.05) is 19.1 Å². The Hall–Kier alpha value is -1.52. The molecule has 5 heteroatoms. The molecule has 100 valence electrons. The Balaban J connectivity index is 1.86. The van der Waals surface area contributed by atoms with Gasteiger partial charge in [0, 0.05) is 19.1 Å². The Morgan fingerprint density at radius 3 is 2.67 bits per heavy atom. The van der Waals surface area contributed by atoms with Crippen LogP contribution in [0.2, 0.25) is 0 Å².